The summed E-state index contributed by atoms with van der Waals surface area (Å²) in [6, 6.07) is 4.43. The molecule has 2 aliphatic rings. The number of aromatic amines is 1. The minimum absolute atomic E-state index is 0.188. The first-order chi connectivity index (χ1) is 13.2. The van der Waals surface area contributed by atoms with Crippen LogP contribution in [0.15, 0.2) is 31.0 Å². The molecule has 2 fully saturated rings. The molecule has 0 aromatic carbocycles. The third kappa shape index (κ3) is 2.55. The fourth-order valence-electron chi connectivity index (χ4n) is 5.18. The number of fused-ring (bicyclic) bond motifs is 2. The second-order valence-corrected chi connectivity index (χ2v) is 7.98. The highest BCUT2D eigenvalue weighted by molar-refractivity contribution is 5.89. The number of hydrogen-bond donors (Lipinski definition) is 1. The maximum atomic E-state index is 9.53. The molecule has 3 aromatic rings. The van der Waals surface area contributed by atoms with E-state index in [-0.39, 0.29) is 5.54 Å². The Morgan fingerprint density at radius 1 is 1.30 bits per heavy atom. The molecule has 4 heterocycles. The van der Waals surface area contributed by atoms with E-state index in [1.54, 1.807) is 6.33 Å². The summed E-state index contributed by atoms with van der Waals surface area (Å²) in [4.78, 5) is 14.4. The highest BCUT2D eigenvalue weighted by Crippen LogP contribution is 2.49. The minimum Gasteiger partial charge on any atom is -0.346 e. The van der Waals surface area contributed by atoms with E-state index >= 15 is 0 Å². The van der Waals surface area contributed by atoms with E-state index in [1.807, 2.05) is 18.5 Å². The molecule has 7 heteroatoms. The fraction of sp³-hybridized carbons (Fsp3) is 0.500. The van der Waals surface area contributed by atoms with Gasteiger partial charge in [0.15, 0.2) is 0 Å². The molecule has 7 nitrogen and oxygen atoms in total. The molecular weight excluding hydrogens is 338 g/mol. The van der Waals surface area contributed by atoms with Crippen LogP contribution in [-0.2, 0) is 5.54 Å². The molecule has 1 saturated heterocycles. The number of hydrogen-bond acceptors (Lipinski definition) is 5. The summed E-state index contributed by atoms with van der Waals surface area (Å²) < 4.78 is 2.06. The van der Waals surface area contributed by atoms with Gasteiger partial charge >= 0.3 is 0 Å². The third-order valence-corrected chi connectivity index (χ3v) is 6.49. The molecule has 0 radical (unpaired) electrons. The number of likely N-dealkylation sites (tertiary alicyclic amines) is 1. The molecule has 1 saturated carbocycles. The topological polar surface area (TPSA) is 86.4 Å². The Morgan fingerprint density at radius 2 is 2.11 bits per heavy atom. The lowest BCUT2D eigenvalue weighted by molar-refractivity contribution is 0.222. The maximum Gasteiger partial charge on any atom is 0.141 e. The summed E-state index contributed by atoms with van der Waals surface area (Å²) >= 11 is 0. The lowest BCUT2D eigenvalue weighted by atomic mass is 9.92. The molecule has 0 spiro atoms. The van der Waals surface area contributed by atoms with Crippen LogP contribution >= 0.6 is 0 Å². The number of nitrogens with one attached hydrogen (secondary N) is 1. The van der Waals surface area contributed by atoms with Crippen molar-refractivity contribution in [1.29, 1.82) is 5.26 Å². The van der Waals surface area contributed by atoms with Crippen molar-refractivity contribution in [3.63, 3.8) is 0 Å². The van der Waals surface area contributed by atoms with Gasteiger partial charge in [0.25, 0.3) is 0 Å². The zero-order chi connectivity index (χ0) is 18.4. The summed E-state index contributed by atoms with van der Waals surface area (Å²) in [5.74, 6) is 1.34. The molecule has 27 heavy (non-hydrogen) atoms. The lowest BCUT2D eigenvalue weighted by Gasteiger charge is -2.29. The Hall–Kier alpha value is -2.72. The molecule has 1 aliphatic carbocycles. The van der Waals surface area contributed by atoms with Gasteiger partial charge in [0.05, 0.1) is 29.9 Å². The van der Waals surface area contributed by atoms with Crippen molar-refractivity contribution in [2.24, 2.45) is 11.8 Å². The van der Waals surface area contributed by atoms with Gasteiger partial charge in [-0.25, -0.2) is 9.97 Å². The summed E-state index contributed by atoms with van der Waals surface area (Å²) in [7, 11) is 0. The molecule has 0 bridgehead atoms. The van der Waals surface area contributed by atoms with Gasteiger partial charge in [0.2, 0.25) is 0 Å². The largest absolute Gasteiger partial charge is 0.346 e. The van der Waals surface area contributed by atoms with Crippen molar-refractivity contribution in [2.75, 3.05) is 19.6 Å². The van der Waals surface area contributed by atoms with Crippen molar-refractivity contribution in [3.8, 4) is 17.3 Å². The first-order valence-corrected chi connectivity index (χ1v) is 9.65. The van der Waals surface area contributed by atoms with Gasteiger partial charge in [0, 0.05) is 36.4 Å². The van der Waals surface area contributed by atoms with Crippen LogP contribution in [0.1, 0.15) is 26.2 Å². The van der Waals surface area contributed by atoms with Gasteiger partial charge in [0.1, 0.15) is 12.0 Å². The van der Waals surface area contributed by atoms with Crippen LogP contribution in [0.4, 0.5) is 0 Å². The summed E-state index contributed by atoms with van der Waals surface area (Å²) in [5, 5.41) is 15.2. The molecule has 138 valence electrons. The quantitative estimate of drug-likeness (QED) is 0.772. The Bertz CT molecular complexity index is 997. The highest BCUT2D eigenvalue weighted by Gasteiger charge is 2.50. The predicted molar refractivity (Wildman–Crippen MR) is 102 cm³/mol. The lowest BCUT2D eigenvalue weighted by Crippen LogP contribution is -2.34. The van der Waals surface area contributed by atoms with E-state index < -0.39 is 0 Å². The Kier molecular flexibility index (Phi) is 3.76. The van der Waals surface area contributed by atoms with Crippen LogP contribution in [0.3, 0.4) is 0 Å². The van der Waals surface area contributed by atoms with Gasteiger partial charge in [-0.1, -0.05) is 6.92 Å². The molecule has 0 amide bonds. The van der Waals surface area contributed by atoms with Crippen LogP contribution in [0.25, 0.3) is 22.3 Å². The number of rotatable bonds is 4. The van der Waals surface area contributed by atoms with Gasteiger partial charge in [-0.2, -0.15) is 10.4 Å². The van der Waals surface area contributed by atoms with E-state index in [2.05, 4.69) is 43.7 Å². The minimum atomic E-state index is -0.188. The van der Waals surface area contributed by atoms with E-state index in [0.717, 1.165) is 54.8 Å². The van der Waals surface area contributed by atoms with Crippen LogP contribution in [0, 0.1) is 23.2 Å². The SMILES string of the molecule is CCN1C[C@@H]2C[C@](CC#N)(n3cc(-c4ncnc5[nH]ccc45)cn3)C[C@@H]2C1. The monoisotopic (exact) mass is 361 g/mol. The Labute approximate surface area is 158 Å². The molecule has 5 rings (SSSR count). The zero-order valence-corrected chi connectivity index (χ0v) is 15.5. The van der Waals surface area contributed by atoms with Gasteiger partial charge < -0.3 is 9.88 Å². The Morgan fingerprint density at radius 3 is 2.85 bits per heavy atom. The summed E-state index contributed by atoms with van der Waals surface area (Å²) in [6.45, 7) is 5.65. The smallest absolute Gasteiger partial charge is 0.141 e. The summed E-state index contributed by atoms with van der Waals surface area (Å²) in [5.41, 5.74) is 2.50. The van der Waals surface area contributed by atoms with Crippen molar-refractivity contribution in [1.82, 2.24) is 29.6 Å². The van der Waals surface area contributed by atoms with Crippen LogP contribution in [-0.4, -0.2) is 49.3 Å². The third-order valence-electron chi connectivity index (χ3n) is 6.49. The van der Waals surface area contributed by atoms with Crippen LogP contribution < -0.4 is 0 Å². The number of nitrogens with zero attached hydrogens (tertiary/aromatic N) is 6. The van der Waals surface area contributed by atoms with E-state index in [9.17, 15) is 5.26 Å². The molecule has 1 aliphatic heterocycles. The normalized spacial score (nSPS) is 27.9. The second-order valence-electron chi connectivity index (χ2n) is 7.98. The van der Waals surface area contributed by atoms with Crippen LogP contribution in [0.2, 0.25) is 0 Å². The van der Waals surface area contributed by atoms with Crippen LogP contribution in [0.5, 0.6) is 0 Å². The van der Waals surface area contributed by atoms with Crippen molar-refractivity contribution in [2.45, 2.75) is 31.7 Å². The van der Waals surface area contributed by atoms with Crippen molar-refractivity contribution in [3.05, 3.63) is 31.0 Å². The van der Waals surface area contributed by atoms with Crippen molar-refractivity contribution < 1.29 is 0 Å². The summed E-state index contributed by atoms with van der Waals surface area (Å²) in [6.07, 6.45) is 9.98. The molecular formula is C20H23N7. The zero-order valence-electron chi connectivity index (χ0n) is 15.5. The first kappa shape index (κ1) is 16.5. The van der Waals surface area contributed by atoms with E-state index in [0.29, 0.717) is 18.3 Å². The molecule has 3 aromatic heterocycles. The molecule has 1 N–H and O–H groups in total. The van der Waals surface area contributed by atoms with Gasteiger partial charge in [-0.05, 0) is 37.3 Å². The van der Waals surface area contributed by atoms with Crippen molar-refractivity contribution >= 4 is 11.0 Å². The standard InChI is InChI=1S/C20H23N7/c1-2-26-10-14-7-20(4-5-21,8-15(14)11-26)27-12-16(9-25-27)18-17-3-6-22-19(17)24-13-23-18/h3,6,9,12-15H,2,4,7-8,10-11H2,1H3,(H,22,23,24)/t14-,15+,20-. The van der Waals surface area contributed by atoms with E-state index in [4.69, 9.17) is 5.10 Å². The second kappa shape index (κ2) is 6.17. The predicted octanol–water partition coefficient (Wildman–Crippen LogP) is 2.79. The van der Waals surface area contributed by atoms with Gasteiger partial charge in [-0.3, -0.25) is 4.68 Å². The van der Waals surface area contributed by atoms with E-state index in [1.165, 1.54) is 0 Å². The highest BCUT2D eigenvalue weighted by atomic mass is 15.3. The molecule has 3 atom stereocenters. The fourth-order valence-corrected chi connectivity index (χ4v) is 5.18. The Balaban J connectivity index is 1.49. The number of H-pyrrole nitrogens is 1. The van der Waals surface area contributed by atoms with Gasteiger partial charge in [-0.15, -0.1) is 0 Å². The number of nitriles is 1. The maximum absolute atomic E-state index is 9.53. The number of aromatic nitrogens is 5. The average molecular weight is 361 g/mol. The first-order valence-electron chi connectivity index (χ1n) is 9.65. The molecule has 0 unspecified atom stereocenters. The average Bonchev–Trinajstić information content (AvgIpc) is 3.43.